The van der Waals surface area contributed by atoms with Gasteiger partial charge in [0.2, 0.25) is 5.91 Å². The van der Waals surface area contributed by atoms with Crippen LogP contribution in [0.4, 0.5) is 11.4 Å². The molecule has 2 amide bonds. The number of benzene rings is 3. The van der Waals surface area contributed by atoms with Crippen LogP contribution in [0, 0.1) is 0 Å². The fourth-order valence-corrected chi connectivity index (χ4v) is 4.27. The van der Waals surface area contributed by atoms with Crippen molar-refractivity contribution in [2.24, 2.45) is 0 Å². The fourth-order valence-electron chi connectivity index (χ4n) is 3.86. The van der Waals surface area contributed by atoms with E-state index in [1.54, 1.807) is 31.4 Å². The number of ether oxygens (including phenoxy) is 1. The molecule has 3 aromatic rings. The van der Waals surface area contributed by atoms with E-state index in [9.17, 15) is 9.59 Å². The third kappa shape index (κ3) is 5.21. The molecule has 0 unspecified atom stereocenters. The highest BCUT2D eigenvalue weighted by Crippen LogP contribution is 2.27. The summed E-state index contributed by atoms with van der Waals surface area (Å²) >= 11 is 5.71. The summed E-state index contributed by atoms with van der Waals surface area (Å²) in [5.41, 5.74) is 2.49. The van der Waals surface area contributed by atoms with Crippen molar-refractivity contribution in [2.45, 2.75) is 18.9 Å². The average Bonchev–Trinajstić information content (AvgIpc) is 3.08. The van der Waals surface area contributed by atoms with E-state index in [0.717, 1.165) is 5.56 Å². The van der Waals surface area contributed by atoms with E-state index in [-0.39, 0.29) is 18.2 Å². The number of anilines is 2. The zero-order valence-corrected chi connectivity index (χ0v) is 19.1. The maximum Gasteiger partial charge on any atom is 0.256 e. The first-order valence-electron chi connectivity index (χ1n) is 10.7. The van der Waals surface area contributed by atoms with Gasteiger partial charge in [-0.1, -0.05) is 48.5 Å². The lowest BCUT2D eigenvalue weighted by Crippen LogP contribution is -2.39. The number of hydrogen-bond donors (Lipinski definition) is 1. The maximum absolute atomic E-state index is 13.4. The molecule has 1 aliphatic rings. The second-order valence-corrected chi connectivity index (χ2v) is 8.08. The van der Waals surface area contributed by atoms with Crippen LogP contribution in [0.15, 0.2) is 84.9 Å². The Morgan fingerprint density at radius 2 is 1.61 bits per heavy atom. The van der Waals surface area contributed by atoms with Gasteiger partial charge in [-0.3, -0.25) is 14.5 Å². The summed E-state index contributed by atoms with van der Waals surface area (Å²) in [6.45, 7) is 0.540. The molecule has 33 heavy (non-hydrogen) atoms. The van der Waals surface area contributed by atoms with Gasteiger partial charge in [-0.25, -0.2) is 0 Å². The van der Waals surface area contributed by atoms with Gasteiger partial charge in [0.15, 0.2) is 5.11 Å². The fraction of sp³-hybridized carbons (Fsp3) is 0.192. The van der Waals surface area contributed by atoms with Gasteiger partial charge in [-0.05, 0) is 60.6 Å². The minimum absolute atomic E-state index is 0.00310. The maximum atomic E-state index is 13.4. The number of methoxy groups -OCH3 is 1. The third-order valence-electron chi connectivity index (χ3n) is 5.57. The number of carbonyl (C=O) groups is 2. The van der Waals surface area contributed by atoms with E-state index in [1.165, 1.54) is 4.90 Å². The molecule has 0 bridgehead atoms. The van der Waals surface area contributed by atoms with Crippen LogP contribution >= 0.6 is 12.2 Å². The molecule has 1 fully saturated rings. The summed E-state index contributed by atoms with van der Waals surface area (Å²) in [6.07, 6.45) is 0.719. The Balaban J connectivity index is 1.52. The lowest BCUT2D eigenvalue weighted by Gasteiger charge is -2.24. The molecule has 1 atom stereocenters. The zero-order chi connectivity index (χ0) is 23.2. The van der Waals surface area contributed by atoms with Gasteiger partial charge in [0, 0.05) is 12.2 Å². The number of hydrogen-bond acceptors (Lipinski definition) is 4. The SMILES string of the molecule is COc1ccc(NC(=O)C[C@@H]2C(=O)N(c3ccccc3)C(=S)N2CCc2ccccc2)cc1. The first-order valence-corrected chi connectivity index (χ1v) is 11.1. The number of thiocarbonyl (C=S) groups is 1. The van der Waals surface area contributed by atoms with Crippen LogP contribution in [0.3, 0.4) is 0 Å². The second kappa shape index (κ2) is 10.3. The van der Waals surface area contributed by atoms with Gasteiger partial charge in [-0.2, -0.15) is 0 Å². The second-order valence-electron chi connectivity index (χ2n) is 7.72. The number of nitrogens with zero attached hydrogens (tertiary/aromatic N) is 2. The molecule has 1 heterocycles. The first-order chi connectivity index (χ1) is 16.1. The Kier molecular flexibility index (Phi) is 7.00. The predicted molar refractivity (Wildman–Crippen MR) is 133 cm³/mol. The van der Waals surface area contributed by atoms with E-state index in [0.29, 0.717) is 35.2 Å². The van der Waals surface area contributed by atoms with Crippen LogP contribution in [-0.2, 0) is 16.0 Å². The number of amides is 2. The molecule has 0 saturated carbocycles. The summed E-state index contributed by atoms with van der Waals surface area (Å²) in [5.74, 6) is 0.264. The Bertz CT molecular complexity index is 1120. The number of rotatable bonds is 8. The standard InChI is InChI=1S/C26H25N3O3S/c1-32-22-14-12-20(13-15-22)27-24(30)18-23-25(31)29(21-10-6-3-7-11-21)26(33)28(23)17-16-19-8-4-2-5-9-19/h2-15,23H,16-18H2,1H3,(H,27,30)/t23-/m1/s1. The van der Waals surface area contributed by atoms with Gasteiger partial charge in [0.25, 0.3) is 5.91 Å². The van der Waals surface area contributed by atoms with Crippen molar-refractivity contribution in [3.05, 3.63) is 90.5 Å². The van der Waals surface area contributed by atoms with E-state index in [4.69, 9.17) is 17.0 Å². The molecular weight excluding hydrogens is 434 g/mol. The van der Waals surface area contributed by atoms with Gasteiger partial charge >= 0.3 is 0 Å². The van der Waals surface area contributed by atoms with Gasteiger partial charge in [0.05, 0.1) is 19.2 Å². The van der Waals surface area contributed by atoms with Crippen LogP contribution in [0.2, 0.25) is 0 Å². The lowest BCUT2D eigenvalue weighted by molar-refractivity contribution is -0.124. The Morgan fingerprint density at radius 1 is 0.970 bits per heavy atom. The Morgan fingerprint density at radius 3 is 2.24 bits per heavy atom. The molecular formula is C26H25N3O3S. The van der Waals surface area contributed by atoms with Gasteiger partial charge in [0.1, 0.15) is 11.8 Å². The molecule has 1 aliphatic heterocycles. The van der Waals surface area contributed by atoms with Crippen molar-refractivity contribution < 1.29 is 14.3 Å². The molecule has 6 nitrogen and oxygen atoms in total. The van der Waals surface area contributed by atoms with E-state index in [1.807, 2.05) is 65.6 Å². The number of nitrogens with one attached hydrogen (secondary N) is 1. The highest BCUT2D eigenvalue weighted by Gasteiger charge is 2.43. The summed E-state index contributed by atoms with van der Waals surface area (Å²) in [5, 5.41) is 3.29. The number of carbonyl (C=O) groups excluding carboxylic acids is 2. The zero-order valence-electron chi connectivity index (χ0n) is 18.3. The largest absolute Gasteiger partial charge is 0.497 e. The monoisotopic (exact) mass is 459 g/mol. The van der Waals surface area contributed by atoms with Crippen molar-refractivity contribution in [2.75, 3.05) is 23.9 Å². The summed E-state index contributed by atoms with van der Waals surface area (Å²) in [7, 11) is 1.59. The summed E-state index contributed by atoms with van der Waals surface area (Å²) < 4.78 is 5.16. The normalized spacial score (nSPS) is 15.6. The van der Waals surface area contributed by atoms with E-state index in [2.05, 4.69) is 5.32 Å². The summed E-state index contributed by atoms with van der Waals surface area (Å²) in [4.78, 5) is 29.7. The minimum atomic E-state index is -0.667. The lowest BCUT2D eigenvalue weighted by atomic mass is 10.1. The molecule has 1 saturated heterocycles. The highest BCUT2D eigenvalue weighted by atomic mass is 32.1. The molecule has 0 radical (unpaired) electrons. The van der Waals surface area contributed by atoms with Crippen molar-refractivity contribution in [3.63, 3.8) is 0 Å². The van der Waals surface area contributed by atoms with Crippen LogP contribution in [0.1, 0.15) is 12.0 Å². The van der Waals surface area contributed by atoms with Crippen molar-refractivity contribution in [3.8, 4) is 5.75 Å². The predicted octanol–water partition coefficient (Wildman–Crippen LogP) is 4.27. The molecule has 7 heteroatoms. The molecule has 3 aromatic carbocycles. The molecule has 0 aliphatic carbocycles. The average molecular weight is 460 g/mol. The van der Waals surface area contributed by atoms with E-state index < -0.39 is 6.04 Å². The highest BCUT2D eigenvalue weighted by molar-refractivity contribution is 7.80. The molecule has 1 N–H and O–H groups in total. The Labute approximate surface area is 198 Å². The van der Waals surface area contributed by atoms with Crippen LogP contribution in [-0.4, -0.2) is 41.5 Å². The van der Waals surface area contributed by atoms with Crippen LogP contribution in [0.5, 0.6) is 5.75 Å². The quantitative estimate of drug-likeness (QED) is 0.510. The number of para-hydroxylation sites is 1. The molecule has 0 spiro atoms. The summed E-state index contributed by atoms with van der Waals surface area (Å²) in [6, 6.07) is 25.7. The first kappa shape index (κ1) is 22.5. The van der Waals surface area contributed by atoms with E-state index >= 15 is 0 Å². The smallest absolute Gasteiger partial charge is 0.256 e. The van der Waals surface area contributed by atoms with Crippen LogP contribution < -0.4 is 15.0 Å². The minimum Gasteiger partial charge on any atom is -0.497 e. The van der Waals surface area contributed by atoms with Crippen LogP contribution in [0.25, 0.3) is 0 Å². The van der Waals surface area contributed by atoms with Crippen molar-refractivity contribution >= 4 is 40.5 Å². The topological polar surface area (TPSA) is 61.9 Å². The Hall–Kier alpha value is -3.71. The third-order valence-corrected chi connectivity index (χ3v) is 5.99. The van der Waals surface area contributed by atoms with Crippen molar-refractivity contribution in [1.29, 1.82) is 0 Å². The van der Waals surface area contributed by atoms with Crippen molar-refractivity contribution in [1.82, 2.24) is 4.90 Å². The molecule has 4 rings (SSSR count). The van der Waals surface area contributed by atoms with Gasteiger partial charge in [-0.15, -0.1) is 0 Å². The van der Waals surface area contributed by atoms with Gasteiger partial charge < -0.3 is 15.0 Å². The molecule has 0 aromatic heterocycles. The molecule has 168 valence electrons.